The number of anilines is 1. The van der Waals surface area contributed by atoms with Gasteiger partial charge in [0.25, 0.3) is 5.91 Å². The van der Waals surface area contributed by atoms with Crippen LogP contribution in [0.5, 0.6) is 0 Å². The molecule has 0 saturated heterocycles. The molecule has 2 amide bonds. The summed E-state index contributed by atoms with van der Waals surface area (Å²) in [5.41, 5.74) is 7.35. The highest BCUT2D eigenvalue weighted by Crippen LogP contribution is 2.24. The van der Waals surface area contributed by atoms with E-state index in [-0.39, 0.29) is 18.0 Å². The van der Waals surface area contributed by atoms with Gasteiger partial charge in [0.15, 0.2) is 0 Å². The van der Waals surface area contributed by atoms with Crippen molar-refractivity contribution in [3.8, 4) is 0 Å². The van der Waals surface area contributed by atoms with Gasteiger partial charge < -0.3 is 11.1 Å². The number of rotatable bonds is 5. The van der Waals surface area contributed by atoms with Crippen LogP contribution in [0.25, 0.3) is 0 Å². The average Bonchev–Trinajstić information content (AvgIpc) is 3.07. The van der Waals surface area contributed by atoms with Gasteiger partial charge in [-0.3, -0.25) is 19.6 Å². The van der Waals surface area contributed by atoms with Crippen molar-refractivity contribution in [1.82, 2.24) is 10.3 Å². The summed E-state index contributed by atoms with van der Waals surface area (Å²) in [7, 11) is 0. The summed E-state index contributed by atoms with van der Waals surface area (Å²) in [6.07, 6.45) is 3.53. The van der Waals surface area contributed by atoms with Crippen LogP contribution in [0.15, 0.2) is 60.0 Å². The lowest BCUT2D eigenvalue weighted by Crippen LogP contribution is -2.39. The summed E-state index contributed by atoms with van der Waals surface area (Å²) >= 11 is 0. The van der Waals surface area contributed by atoms with Gasteiger partial charge in [-0.15, -0.1) is 0 Å². The number of nitrogens with one attached hydrogen (secondary N) is 1. The summed E-state index contributed by atoms with van der Waals surface area (Å²) in [6, 6.07) is 12.2. The molecule has 2 aromatic rings. The van der Waals surface area contributed by atoms with Crippen LogP contribution >= 0.6 is 0 Å². The first kappa shape index (κ1) is 15.7. The van der Waals surface area contributed by atoms with Crippen molar-refractivity contribution in [2.45, 2.75) is 19.0 Å². The molecule has 1 atom stereocenters. The van der Waals surface area contributed by atoms with Crippen molar-refractivity contribution in [2.75, 3.05) is 5.01 Å². The van der Waals surface area contributed by atoms with Gasteiger partial charge in [0.05, 0.1) is 5.69 Å². The first-order valence-corrected chi connectivity index (χ1v) is 7.53. The Bertz CT molecular complexity index is 761. The number of nitrogens with two attached hydrogens (primary N) is 1. The summed E-state index contributed by atoms with van der Waals surface area (Å²) in [5.74, 6) is -0.832. The van der Waals surface area contributed by atoms with Crippen LogP contribution < -0.4 is 16.1 Å². The molecule has 0 spiro atoms. The molecule has 1 aromatic heterocycles. The topological polar surface area (TPSA) is 101 Å². The Morgan fingerprint density at radius 3 is 2.67 bits per heavy atom. The highest BCUT2D eigenvalue weighted by molar-refractivity contribution is 6.40. The number of carbonyl (C=O) groups is 2. The SMILES string of the molecule is NC(=O)[C@@H]1CC(C(=O)NCc2cccnc2)=NN1c1ccccc1. The zero-order valence-corrected chi connectivity index (χ0v) is 12.9. The van der Waals surface area contributed by atoms with E-state index in [1.54, 1.807) is 18.5 Å². The molecule has 1 aromatic carbocycles. The monoisotopic (exact) mass is 323 g/mol. The first-order chi connectivity index (χ1) is 11.6. The molecule has 3 rings (SSSR count). The number of aromatic nitrogens is 1. The molecule has 24 heavy (non-hydrogen) atoms. The van der Waals surface area contributed by atoms with Gasteiger partial charge in [0, 0.05) is 25.4 Å². The number of primary amides is 1. The van der Waals surface area contributed by atoms with Gasteiger partial charge >= 0.3 is 0 Å². The third kappa shape index (κ3) is 3.40. The second-order valence-corrected chi connectivity index (χ2v) is 5.39. The van der Waals surface area contributed by atoms with Gasteiger partial charge in [-0.2, -0.15) is 5.10 Å². The van der Waals surface area contributed by atoms with Crippen molar-refractivity contribution in [2.24, 2.45) is 10.8 Å². The van der Waals surface area contributed by atoms with Crippen LogP contribution in [0.3, 0.4) is 0 Å². The molecule has 0 bridgehead atoms. The number of nitrogens with zero attached hydrogens (tertiary/aromatic N) is 3. The van der Waals surface area contributed by atoms with E-state index in [0.717, 1.165) is 11.3 Å². The predicted octanol–water partition coefficient (Wildman–Crippen LogP) is 0.818. The average molecular weight is 323 g/mol. The molecule has 0 radical (unpaired) electrons. The Morgan fingerprint density at radius 1 is 1.21 bits per heavy atom. The van der Waals surface area contributed by atoms with Crippen LogP contribution in [0, 0.1) is 0 Å². The lowest BCUT2D eigenvalue weighted by molar-refractivity contribution is -0.119. The lowest BCUT2D eigenvalue weighted by atomic mass is 10.1. The van der Waals surface area contributed by atoms with Crippen LogP contribution in [0.4, 0.5) is 5.69 Å². The molecule has 3 N–H and O–H groups in total. The molecule has 122 valence electrons. The molecule has 2 heterocycles. The second-order valence-electron chi connectivity index (χ2n) is 5.39. The number of carbonyl (C=O) groups excluding carboxylic acids is 2. The van der Waals surface area contributed by atoms with Crippen LogP contribution in [-0.2, 0) is 16.1 Å². The fourth-order valence-electron chi connectivity index (χ4n) is 2.47. The van der Waals surface area contributed by atoms with Gasteiger partial charge in [0.1, 0.15) is 11.8 Å². The largest absolute Gasteiger partial charge is 0.368 e. The molecule has 0 saturated carbocycles. The Balaban J connectivity index is 1.73. The van der Waals surface area contributed by atoms with Gasteiger partial charge in [-0.05, 0) is 23.8 Å². The highest BCUT2D eigenvalue weighted by Gasteiger charge is 2.34. The molecule has 7 heteroatoms. The standard InChI is InChI=1S/C17H17N5O2/c18-16(23)15-9-14(21-22(15)13-6-2-1-3-7-13)17(24)20-11-12-5-4-8-19-10-12/h1-8,10,15H,9,11H2,(H2,18,23)(H,20,24)/t15-/m0/s1. The zero-order chi connectivity index (χ0) is 16.9. The fraction of sp³-hybridized carbons (Fsp3) is 0.176. The van der Waals surface area contributed by atoms with Gasteiger partial charge in [-0.1, -0.05) is 24.3 Å². The van der Waals surface area contributed by atoms with E-state index in [4.69, 9.17) is 5.73 Å². The summed E-state index contributed by atoms with van der Waals surface area (Å²) < 4.78 is 0. The fourth-order valence-corrected chi connectivity index (χ4v) is 2.47. The Hall–Kier alpha value is -3.22. The zero-order valence-electron chi connectivity index (χ0n) is 12.9. The number of hydrogen-bond acceptors (Lipinski definition) is 5. The molecule has 1 aliphatic heterocycles. The molecule has 1 aliphatic rings. The number of amides is 2. The minimum Gasteiger partial charge on any atom is -0.368 e. The predicted molar refractivity (Wildman–Crippen MR) is 90.0 cm³/mol. The Labute approximate surface area is 139 Å². The van der Waals surface area contributed by atoms with E-state index >= 15 is 0 Å². The maximum atomic E-state index is 12.3. The molecular formula is C17H17N5O2. The third-order valence-corrected chi connectivity index (χ3v) is 3.70. The summed E-state index contributed by atoms with van der Waals surface area (Å²) in [6.45, 7) is 0.346. The second kappa shape index (κ2) is 6.91. The van der Waals surface area contributed by atoms with Crippen molar-refractivity contribution in [3.05, 3.63) is 60.4 Å². The number of pyridine rings is 1. The van der Waals surface area contributed by atoms with Crippen molar-refractivity contribution in [1.29, 1.82) is 0 Å². The molecule has 7 nitrogen and oxygen atoms in total. The Kier molecular flexibility index (Phi) is 4.51. The van der Waals surface area contributed by atoms with Crippen LogP contribution in [0.1, 0.15) is 12.0 Å². The van der Waals surface area contributed by atoms with Gasteiger partial charge in [0.2, 0.25) is 5.91 Å². The maximum Gasteiger partial charge on any atom is 0.267 e. The number of hydrogen-bond donors (Lipinski definition) is 2. The minimum absolute atomic E-state index is 0.184. The van der Waals surface area contributed by atoms with Crippen molar-refractivity contribution in [3.63, 3.8) is 0 Å². The van der Waals surface area contributed by atoms with E-state index in [1.165, 1.54) is 5.01 Å². The van der Waals surface area contributed by atoms with E-state index < -0.39 is 11.9 Å². The summed E-state index contributed by atoms with van der Waals surface area (Å²) in [4.78, 5) is 28.0. The highest BCUT2D eigenvalue weighted by atomic mass is 16.2. The van der Waals surface area contributed by atoms with Crippen LogP contribution in [-0.4, -0.2) is 28.6 Å². The number of benzene rings is 1. The Morgan fingerprint density at radius 2 is 2.00 bits per heavy atom. The molecular weight excluding hydrogens is 306 g/mol. The first-order valence-electron chi connectivity index (χ1n) is 7.53. The van der Waals surface area contributed by atoms with E-state index in [1.807, 2.05) is 36.4 Å². The molecule has 0 fully saturated rings. The van der Waals surface area contributed by atoms with Crippen LogP contribution in [0.2, 0.25) is 0 Å². The van der Waals surface area contributed by atoms with E-state index in [0.29, 0.717) is 6.54 Å². The van der Waals surface area contributed by atoms with E-state index in [9.17, 15) is 9.59 Å². The van der Waals surface area contributed by atoms with Crippen molar-refractivity contribution >= 4 is 23.2 Å². The third-order valence-electron chi connectivity index (χ3n) is 3.70. The quantitative estimate of drug-likeness (QED) is 0.850. The van der Waals surface area contributed by atoms with Gasteiger partial charge in [-0.25, -0.2) is 0 Å². The molecule has 0 aliphatic carbocycles. The maximum absolute atomic E-state index is 12.3. The number of hydrazone groups is 1. The number of para-hydroxylation sites is 1. The lowest BCUT2D eigenvalue weighted by Gasteiger charge is -2.20. The summed E-state index contributed by atoms with van der Waals surface area (Å²) in [5, 5.41) is 8.58. The normalized spacial score (nSPS) is 16.6. The molecule has 0 unspecified atom stereocenters. The smallest absolute Gasteiger partial charge is 0.267 e. The van der Waals surface area contributed by atoms with E-state index in [2.05, 4.69) is 15.4 Å². The van der Waals surface area contributed by atoms with Crippen molar-refractivity contribution < 1.29 is 9.59 Å². The minimum atomic E-state index is -0.661.